The number of hydrogen-bond donors (Lipinski definition) is 1. The summed E-state index contributed by atoms with van der Waals surface area (Å²) in [4.78, 5) is 10.9. The molecular formula is C63H45N5. The van der Waals surface area contributed by atoms with Gasteiger partial charge in [0.2, 0.25) is 0 Å². The maximum atomic E-state index is 7.47. The van der Waals surface area contributed by atoms with Crippen molar-refractivity contribution in [1.82, 2.24) is 19.1 Å². The smallest absolute Gasteiger partial charge is 0.0788 e. The molecule has 0 aliphatic rings. The van der Waals surface area contributed by atoms with Gasteiger partial charge < -0.3 is 14.9 Å². The molecule has 0 aliphatic heterocycles. The Bertz CT molecular complexity index is 3860. The predicted octanol–water partition coefficient (Wildman–Crippen LogP) is 15.4. The number of benzene rings is 8. The summed E-state index contributed by atoms with van der Waals surface area (Å²) in [5, 5.41) is 4.70. The lowest BCUT2D eigenvalue weighted by molar-refractivity contribution is 1.15. The van der Waals surface area contributed by atoms with Gasteiger partial charge in [-0.25, -0.2) is 9.97 Å². The zero-order valence-corrected chi connectivity index (χ0v) is 37.2. The largest absolute Gasteiger partial charge is 0.398 e. The van der Waals surface area contributed by atoms with Gasteiger partial charge in [-0.1, -0.05) is 182 Å². The molecule has 5 heteroatoms. The molecule has 2 N–H and O–H groups in total. The first-order chi connectivity index (χ1) is 33.7. The molecule has 68 heavy (non-hydrogen) atoms. The second kappa shape index (κ2) is 17.4. The highest BCUT2D eigenvalue weighted by molar-refractivity contribution is 6.24. The highest BCUT2D eigenvalue weighted by atomic mass is 15.0. The fourth-order valence-corrected chi connectivity index (χ4v) is 9.85. The van der Waals surface area contributed by atoms with Gasteiger partial charge in [-0.2, -0.15) is 0 Å². The lowest BCUT2D eigenvalue weighted by Crippen LogP contribution is -2.06. The first kappa shape index (κ1) is 40.4. The molecule has 8 aromatic carbocycles. The fourth-order valence-electron chi connectivity index (χ4n) is 9.85. The number of aromatic nitrogens is 4. The minimum Gasteiger partial charge on any atom is -0.398 e. The van der Waals surface area contributed by atoms with E-state index in [0.717, 1.165) is 101 Å². The monoisotopic (exact) mass is 871 g/mol. The fraction of sp³-hybridized carbons (Fsp3) is 0.0159. The van der Waals surface area contributed by atoms with Crippen LogP contribution >= 0.6 is 0 Å². The van der Waals surface area contributed by atoms with Gasteiger partial charge in [-0.15, -0.1) is 0 Å². The molecule has 0 bridgehead atoms. The van der Waals surface area contributed by atoms with E-state index in [0.29, 0.717) is 5.70 Å². The van der Waals surface area contributed by atoms with Crippen molar-refractivity contribution in [2.75, 3.05) is 0 Å². The van der Waals surface area contributed by atoms with Crippen LogP contribution in [0.5, 0.6) is 0 Å². The molecule has 0 saturated heterocycles. The van der Waals surface area contributed by atoms with Crippen molar-refractivity contribution < 1.29 is 0 Å². The number of rotatable bonds is 10. The van der Waals surface area contributed by atoms with Gasteiger partial charge in [0.25, 0.3) is 0 Å². The molecule has 0 spiro atoms. The lowest BCUT2D eigenvalue weighted by atomic mass is 9.91. The third-order valence-corrected chi connectivity index (χ3v) is 13.0. The zero-order chi connectivity index (χ0) is 45.4. The van der Waals surface area contributed by atoms with Gasteiger partial charge in [0, 0.05) is 66.4 Å². The average Bonchev–Trinajstić information content (AvgIpc) is 3.94. The number of para-hydroxylation sites is 3. The van der Waals surface area contributed by atoms with Gasteiger partial charge >= 0.3 is 0 Å². The maximum Gasteiger partial charge on any atom is 0.0788 e. The van der Waals surface area contributed by atoms with E-state index < -0.39 is 0 Å². The summed E-state index contributed by atoms with van der Waals surface area (Å²) >= 11 is 0. The van der Waals surface area contributed by atoms with Crippen molar-refractivity contribution in [2.24, 2.45) is 5.73 Å². The summed E-state index contributed by atoms with van der Waals surface area (Å²) in [6.07, 6.45) is 7.05. The minimum absolute atomic E-state index is 0.614. The van der Waals surface area contributed by atoms with E-state index in [1.54, 1.807) is 0 Å². The van der Waals surface area contributed by atoms with E-state index >= 15 is 0 Å². The third-order valence-electron chi connectivity index (χ3n) is 13.0. The standard InChI is InChI=1S/C63H45N5/c64-54(32-16-13-23-43-21-5-1-6-22-43)52-41-47(42-53(57-35-19-33-55(65-57)44-24-7-2-8-25-44)61(52)58-36-20-34-56(66-58)45-26-9-3-10-27-45)68-60-38-18-15-31-49(60)51-40-39-50-48-30-14-17-37-59(48)67(62(50)63(51)68)46-28-11-4-12-29-46/h1-22,24-42H,23,64H2/b16-13-,54-32-. The Labute approximate surface area is 395 Å². The normalized spacial score (nSPS) is 12.0. The third kappa shape index (κ3) is 7.23. The molecule has 4 heterocycles. The maximum absolute atomic E-state index is 7.47. The van der Waals surface area contributed by atoms with Gasteiger partial charge in [-0.3, -0.25) is 0 Å². The van der Waals surface area contributed by atoms with Gasteiger partial charge in [0.05, 0.1) is 44.8 Å². The molecule has 12 rings (SSSR count). The molecule has 4 aromatic heterocycles. The topological polar surface area (TPSA) is 61.7 Å². The number of pyridine rings is 2. The van der Waals surface area contributed by atoms with Crippen LogP contribution in [0.15, 0.2) is 249 Å². The van der Waals surface area contributed by atoms with Crippen LogP contribution in [-0.4, -0.2) is 19.1 Å². The van der Waals surface area contributed by atoms with E-state index in [2.05, 4.69) is 234 Å². The van der Waals surface area contributed by atoms with Crippen molar-refractivity contribution in [3.8, 4) is 56.4 Å². The SMILES string of the molecule is N/C(=C\C=C/Cc1ccccc1)c1cc(-n2c3ccccc3c3ccc4c5ccccc5n(-c5ccccc5)c4c32)cc(-c2cccc(-c3ccccc3)n2)c1-c1cccc(-c2ccccc2)n1. The van der Waals surface area contributed by atoms with Crippen LogP contribution in [0, 0.1) is 0 Å². The Hall–Kier alpha value is -9.06. The molecule has 322 valence electrons. The van der Waals surface area contributed by atoms with Gasteiger partial charge in [0.15, 0.2) is 0 Å². The molecule has 12 aromatic rings. The quantitative estimate of drug-likeness (QED) is 0.139. The van der Waals surface area contributed by atoms with E-state index in [1.165, 1.54) is 16.3 Å². The van der Waals surface area contributed by atoms with Crippen molar-refractivity contribution >= 4 is 49.3 Å². The van der Waals surface area contributed by atoms with Crippen molar-refractivity contribution in [3.05, 3.63) is 260 Å². The van der Waals surface area contributed by atoms with Crippen LogP contribution in [0.25, 0.3) is 106 Å². The van der Waals surface area contributed by atoms with Crippen LogP contribution in [0.2, 0.25) is 0 Å². The van der Waals surface area contributed by atoms with Crippen molar-refractivity contribution in [1.29, 1.82) is 0 Å². The summed E-state index contributed by atoms with van der Waals surface area (Å²) in [5.74, 6) is 0. The Morgan fingerprint density at radius 2 is 0.912 bits per heavy atom. The molecule has 0 saturated carbocycles. The number of nitrogens with two attached hydrogens (primary N) is 1. The van der Waals surface area contributed by atoms with Crippen LogP contribution in [0.3, 0.4) is 0 Å². The Morgan fingerprint density at radius 3 is 1.51 bits per heavy atom. The number of hydrogen-bond acceptors (Lipinski definition) is 3. The number of nitrogens with zero attached hydrogens (tertiary/aromatic N) is 4. The molecule has 0 amide bonds. The van der Waals surface area contributed by atoms with Crippen molar-refractivity contribution in [3.63, 3.8) is 0 Å². The second-order valence-electron chi connectivity index (χ2n) is 17.1. The minimum atomic E-state index is 0.614. The number of fused-ring (bicyclic) bond motifs is 7. The van der Waals surface area contributed by atoms with Crippen LogP contribution < -0.4 is 5.73 Å². The average molecular weight is 872 g/mol. The Morgan fingerprint density at radius 1 is 0.426 bits per heavy atom. The number of allylic oxidation sites excluding steroid dienone is 3. The highest BCUT2D eigenvalue weighted by Gasteiger charge is 2.25. The first-order valence-corrected chi connectivity index (χ1v) is 23.1. The van der Waals surface area contributed by atoms with E-state index in [9.17, 15) is 0 Å². The van der Waals surface area contributed by atoms with E-state index in [-0.39, 0.29) is 0 Å². The second-order valence-corrected chi connectivity index (χ2v) is 17.1. The summed E-state index contributed by atoms with van der Waals surface area (Å²) in [6, 6.07) is 81.1. The van der Waals surface area contributed by atoms with Crippen LogP contribution in [0.1, 0.15) is 11.1 Å². The highest BCUT2D eigenvalue weighted by Crippen LogP contribution is 2.45. The Kier molecular flexibility index (Phi) is 10.3. The summed E-state index contributed by atoms with van der Waals surface area (Å²) in [7, 11) is 0. The van der Waals surface area contributed by atoms with Crippen LogP contribution in [-0.2, 0) is 6.42 Å². The molecule has 0 aliphatic carbocycles. The Balaban J connectivity index is 1.20. The van der Waals surface area contributed by atoms with Crippen LogP contribution in [0.4, 0.5) is 0 Å². The van der Waals surface area contributed by atoms with E-state index in [1.807, 2.05) is 24.3 Å². The zero-order valence-electron chi connectivity index (χ0n) is 37.2. The molecule has 5 nitrogen and oxygen atoms in total. The predicted molar refractivity (Wildman–Crippen MR) is 284 cm³/mol. The molecular weight excluding hydrogens is 827 g/mol. The molecule has 0 unspecified atom stereocenters. The van der Waals surface area contributed by atoms with Gasteiger partial charge in [-0.05, 0) is 78.7 Å². The lowest BCUT2D eigenvalue weighted by Gasteiger charge is -2.20. The molecule has 0 atom stereocenters. The molecule has 0 fully saturated rings. The van der Waals surface area contributed by atoms with E-state index in [4.69, 9.17) is 15.7 Å². The first-order valence-electron chi connectivity index (χ1n) is 23.1. The van der Waals surface area contributed by atoms with Gasteiger partial charge in [0.1, 0.15) is 0 Å². The summed E-state index contributed by atoms with van der Waals surface area (Å²) in [5.41, 5.74) is 24.0. The van der Waals surface area contributed by atoms with Crippen molar-refractivity contribution in [2.45, 2.75) is 6.42 Å². The molecule has 0 radical (unpaired) electrons. The summed E-state index contributed by atoms with van der Waals surface area (Å²) < 4.78 is 4.86. The summed E-state index contributed by atoms with van der Waals surface area (Å²) in [6.45, 7) is 0.